The van der Waals surface area contributed by atoms with Crippen molar-refractivity contribution in [2.75, 3.05) is 0 Å². The van der Waals surface area contributed by atoms with E-state index in [0.717, 1.165) is 25.7 Å². The molecule has 0 atom stereocenters. The average molecular weight is 285 g/mol. The molecule has 102 valence electrons. The molecule has 6 nitrogen and oxygen atoms in total. The number of nitrogens with one attached hydrogen (secondary N) is 1. The molecule has 1 fully saturated rings. The van der Waals surface area contributed by atoms with Crippen LogP contribution in [0.3, 0.4) is 0 Å². The third kappa shape index (κ3) is 3.21. The van der Waals surface area contributed by atoms with Crippen molar-refractivity contribution < 1.29 is 14.6 Å². The van der Waals surface area contributed by atoms with Crippen molar-refractivity contribution >= 4 is 23.2 Å². The maximum absolute atomic E-state index is 11.9. The van der Waals surface area contributed by atoms with Crippen LogP contribution in [0.4, 0.5) is 5.69 Å². The molecular formula is C12H13ClN2O4. The maximum atomic E-state index is 11.9. The zero-order valence-corrected chi connectivity index (χ0v) is 10.9. The van der Waals surface area contributed by atoms with Crippen LogP contribution in [0.1, 0.15) is 36.0 Å². The van der Waals surface area contributed by atoms with Crippen molar-refractivity contribution in [3.8, 4) is 0 Å². The van der Waals surface area contributed by atoms with E-state index >= 15 is 0 Å². The molecule has 0 saturated heterocycles. The molecule has 0 spiro atoms. The molecule has 1 N–H and O–H groups in total. The van der Waals surface area contributed by atoms with Crippen molar-refractivity contribution in [2.45, 2.75) is 31.8 Å². The molecule has 0 heterocycles. The van der Waals surface area contributed by atoms with Gasteiger partial charge in [0, 0.05) is 0 Å². The standard InChI is InChI=1S/C12H13ClN2O4/c13-10-7-3-6-9(11(10)15(17)18)12(16)14-19-8-4-1-2-5-8/h3,6-8H,1-2,4-5H2,(H,14,16). The summed E-state index contributed by atoms with van der Waals surface area (Å²) in [5.41, 5.74) is 1.75. The number of benzene rings is 1. The van der Waals surface area contributed by atoms with E-state index in [-0.39, 0.29) is 16.7 Å². The second-order valence-electron chi connectivity index (χ2n) is 4.35. The van der Waals surface area contributed by atoms with Gasteiger partial charge in [0.2, 0.25) is 0 Å². The van der Waals surface area contributed by atoms with Crippen molar-refractivity contribution in [1.82, 2.24) is 5.48 Å². The molecule has 1 aliphatic rings. The predicted octanol–water partition coefficient (Wildman–Crippen LogP) is 2.85. The Morgan fingerprint density at radius 3 is 2.74 bits per heavy atom. The van der Waals surface area contributed by atoms with Crippen LogP contribution in [-0.2, 0) is 4.84 Å². The number of amides is 1. The largest absolute Gasteiger partial charge is 0.300 e. The number of carbonyl (C=O) groups excluding carboxylic acids is 1. The number of halogens is 1. The predicted molar refractivity (Wildman–Crippen MR) is 68.9 cm³/mol. The third-order valence-electron chi connectivity index (χ3n) is 3.03. The summed E-state index contributed by atoms with van der Waals surface area (Å²) in [6, 6.07) is 4.20. The molecule has 1 aliphatic carbocycles. The summed E-state index contributed by atoms with van der Waals surface area (Å²) in [6.07, 6.45) is 3.90. The molecule has 0 radical (unpaired) electrons. The van der Waals surface area contributed by atoms with Crippen molar-refractivity contribution in [3.63, 3.8) is 0 Å². The van der Waals surface area contributed by atoms with Crippen LogP contribution in [-0.4, -0.2) is 16.9 Å². The monoisotopic (exact) mass is 284 g/mol. The van der Waals surface area contributed by atoms with E-state index in [2.05, 4.69) is 5.48 Å². The number of hydroxylamine groups is 1. The highest BCUT2D eigenvalue weighted by Gasteiger charge is 2.25. The highest BCUT2D eigenvalue weighted by molar-refractivity contribution is 6.33. The fraction of sp³-hybridized carbons (Fsp3) is 0.417. The Balaban J connectivity index is 2.10. The van der Waals surface area contributed by atoms with Crippen molar-refractivity contribution in [3.05, 3.63) is 38.9 Å². The van der Waals surface area contributed by atoms with Crippen LogP contribution in [0.25, 0.3) is 0 Å². The van der Waals surface area contributed by atoms with Gasteiger partial charge >= 0.3 is 5.69 Å². The van der Waals surface area contributed by atoms with Crippen LogP contribution in [0, 0.1) is 10.1 Å². The first-order valence-corrected chi connectivity index (χ1v) is 6.36. The molecule has 1 saturated carbocycles. The first kappa shape index (κ1) is 13.8. The van der Waals surface area contributed by atoms with Gasteiger partial charge in [0.1, 0.15) is 10.6 Å². The Morgan fingerprint density at radius 2 is 2.11 bits per heavy atom. The SMILES string of the molecule is O=C(NOC1CCCC1)c1cccc(Cl)c1[N+](=O)[O-]. The van der Waals surface area contributed by atoms with Gasteiger partial charge < -0.3 is 0 Å². The normalized spacial score (nSPS) is 15.4. The number of carbonyl (C=O) groups is 1. The van der Waals surface area contributed by atoms with Gasteiger partial charge in [0.15, 0.2) is 0 Å². The summed E-state index contributed by atoms with van der Waals surface area (Å²) in [5.74, 6) is -0.652. The number of nitro groups is 1. The Labute approximate surface area is 114 Å². The van der Waals surface area contributed by atoms with Gasteiger partial charge in [-0.05, 0) is 25.0 Å². The molecule has 0 aromatic heterocycles. The fourth-order valence-corrected chi connectivity index (χ4v) is 2.33. The van der Waals surface area contributed by atoms with E-state index in [0.29, 0.717) is 0 Å². The minimum absolute atomic E-state index is 0.0119. The number of rotatable bonds is 4. The lowest BCUT2D eigenvalue weighted by Gasteiger charge is -2.11. The van der Waals surface area contributed by atoms with E-state index in [9.17, 15) is 14.9 Å². The molecule has 0 bridgehead atoms. The van der Waals surface area contributed by atoms with Crippen LogP contribution >= 0.6 is 11.6 Å². The van der Waals surface area contributed by atoms with E-state index < -0.39 is 16.5 Å². The second kappa shape index (κ2) is 5.99. The summed E-state index contributed by atoms with van der Waals surface area (Å²) < 4.78 is 0. The first-order chi connectivity index (χ1) is 9.09. The third-order valence-corrected chi connectivity index (χ3v) is 3.34. The molecule has 1 amide bonds. The quantitative estimate of drug-likeness (QED) is 0.681. The lowest BCUT2D eigenvalue weighted by Crippen LogP contribution is -2.28. The van der Waals surface area contributed by atoms with Gasteiger partial charge in [0.05, 0.1) is 11.0 Å². The zero-order valence-electron chi connectivity index (χ0n) is 10.1. The van der Waals surface area contributed by atoms with Gasteiger partial charge in [0.25, 0.3) is 5.91 Å². The van der Waals surface area contributed by atoms with Crippen molar-refractivity contribution in [2.24, 2.45) is 0 Å². The van der Waals surface area contributed by atoms with Gasteiger partial charge in [-0.3, -0.25) is 19.7 Å². The molecule has 7 heteroatoms. The Morgan fingerprint density at radius 1 is 1.42 bits per heavy atom. The molecule has 1 aromatic carbocycles. The highest BCUT2D eigenvalue weighted by Crippen LogP contribution is 2.28. The average Bonchev–Trinajstić information content (AvgIpc) is 2.88. The zero-order chi connectivity index (χ0) is 13.8. The van der Waals surface area contributed by atoms with Crippen molar-refractivity contribution in [1.29, 1.82) is 0 Å². The van der Waals surface area contributed by atoms with Crippen LogP contribution in [0.2, 0.25) is 5.02 Å². The van der Waals surface area contributed by atoms with Gasteiger partial charge in [-0.15, -0.1) is 0 Å². The Kier molecular flexibility index (Phi) is 4.34. The van der Waals surface area contributed by atoms with Gasteiger partial charge in [-0.1, -0.05) is 30.5 Å². The van der Waals surface area contributed by atoms with Crippen LogP contribution in [0.5, 0.6) is 0 Å². The summed E-state index contributed by atoms with van der Waals surface area (Å²) >= 11 is 5.73. The molecule has 0 unspecified atom stereocenters. The molecule has 19 heavy (non-hydrogen) atoms. The summed E-state index contributed by atoms with van der Waals surface area (Å²) in [6.45, 7) is 0. The van der Waals surface area contributed by atoms with E-state index in [1.807, 2.05) is 0 Å². The van der Waals surface area contributed by atoms with E-state index in [1.165, 1.54) is 18.2 Å². The molecule has 2 rings (SSSR count). The molecule has 0 aliphatic heterocycles. The van der Waals surface area contributed by atoms with E-state index in [4.69, 9.17) is 16.4 Å². The smallest absolute Gasteiger partial charge is 0.270 e. The summed E-state index contributed by atoms with van der Waals surface area (Å²) in [7, 11) is 0. The van der Waals surface area contributed by atoms with Crippen LogP contribution < -0.4 is 5.48 Å². The number of para-hydroxylation sites is 1. The highest BCUT2D eigenvalue weighted by atomic mass is 35.5. The van der Waals surface area contributed by atoms with Crippen LogP contribution in [0.15, 0.2) is 18.2 Å². The minimum atomic E-state index is -0.674. The Bertz CT molecular complexity index is 501. The number of nitro benzene ring substituents is 1. The lowest BCUT2D eigenvalue weighted by molar-refractivity contribution is -0.385. The lowest BCUT2D eigenvalue weighted by atomic mass is 10.2. The summed E-state index contributed by atoms with van der Waals surface area (Å²) in [4.78, 5) is 27.3. The first-order valence-electron chi connectivity index (χ1n) is 5.98. The summed E-state index contributed by atoms with van der Waals surface area (Å²) in [5, 5.41) is 10.8. The fourth-order valence-electron chi connectivity index (χ4n) is 2.08. The molecular weight excluding hydrogens is 272 g/mol. The number of hydrogen-bond donors (Lipinski definition) is 1. The maximum Gasteiger partial charge on any atom is 0.300 e. The van der Waals surface area contributed by atoms with Gasteiger partial charge in [-0.2, -0.15) is 0 Å². The van der Waals surface area contributed by atoms with Gasteiger partial charge in [-0.25, -0.2) is 5.48 Å². The second-order valence-corrected chi connectivity index (χ2v) is 4.76. The topological polar surface area (TPSA) is 81.5 Å². The van der Waals surface area contributed by atoms with E-state index in [1.54, 1.807) is 0 Å². The number of nitrogens with zero attached hydrogens (tertiary/aromatic N) is 1. The molecule has 1 aromatic rings. The Hall–Kier alpha value is -1.66. The number of hydrogen-bond acceptors (Lipinski definition) is 4. The minimum Gasteiger partial charge on any atom is -0.270 e.